The van der Waals surface area contributed by atoms with Gasteiger partial charge in [0.2, 0.25) is 0 Å². The van der Waals surface area contributed by atoms with E-state index in [1.807, 2.05) is 13.1 Å². The Balaban J connectivity index is 2.07. The van der Waals surface area contributed by atoms with Crippen LogP contribution in [0.5, 0.6) is 0 Å². The number of ether oxygens (including phenoxy) is 1. The maximum absolute atomic E-state index is 11.6. The van der Waals surface area contributed by atoms with Gasteiger partial charge in [-0.3, -0.25) is 0 Å². The van der Waals surface area contributed by atoms with Gasteiger partial charge in [0.1, 0.15) is 0 Å². The van der Waals surface area contributed by atoms with Crippen LogP contribution in [0.4, 0.5) is 11.4 Å². The maximum atomic E-state index is 11.6. The third kappa shape index (κ3) is 3.19. The summed E-state index contributed by atoms with van der Waals surface area (Å²) in [6, 6.07) is 5.37. The highest BCUT2D eigenvalue weighted by Crippen LogP contribution is 2.39. The van der Waals surface area contributed by atoms with Crippen molar-refractivity contribution in [2.45, 2.75) is 20.3 Å². The fourth-order valence-electron chi connectivity index (χ4n) is 2.35. The monoisotopic (exact) mass is 262 g/mol. The highest BCUT2D eigenvalue weighted by Gasteiger charge is 2.33. The van der Waals surface area contributed by atoms with Crippen molar-refractivity contribution in [2.75, 3.05) is 30.8 Å². The predicted octanol–water partition coefficient (Wildman–Crippen LogP) is 2.54. The molecule has 1 aliphatic carbocycles. The van der Waals surface area contributed by atoms with E-state index in [9.17, 15) is 4.79 Å². The summed E-state index contributed by atoms with van der Waals surface area (Å²) >= 11 is 0. The first-order valence-corrected chi connectivity index (χ1v) is 6.80. The number of esters is 1. The standard InChI is InChI=1S/C15H22N2O2/c1-4-19-15(18)11-5-6-14(13(16)8-11)17(3)9-12-7-10(12)2/h5-6,8,10,12H,4,7,9,16H2,1-3H3. The zero-order chi connectivity index (χ0) is 14.0. The molecule has 0 bridgehead atoms. The summed E-state index contributed by atoms with van der Waals surface area (Å²) in [4.78, 5) is 13.8. The number of rotatable bonds is 5. The van der Waals surface area contributed by atoms with Crippen LogP contribution >= 0.6 is 0 Å². The highest BCUT2D eigenvalue weighted by molar-refractivity contribution is 5.92. The van der Waals surface area contributed by atoms with E-state index in [-0.39, 0.29) is 5.97 Å². The van der Waals surface area contributed by atoms with Crippen molar-refractivity contribution in [1.29, 1.82) is 0 Å². The van der Waals surface area contributed by atoms with Crippen molar-refractivity contribution in [3.63, 3.8) is 0 Å². The van der Waals surface area contributed by atoms with E-state index >= 15 is 0 Å². The summed E-state index contributed by atoms with van der Waals surface area (Å²) < 4.78 is 4.96. The van der Waals surface area contributed by atoms with Gasteiger partial charge in [-0.15, -0.1) is 0 Å². The minimum atomic E-state index is -0.320. The molecule has 2 N–H and O–H groups in total. The largest absolute Gasteiger partial charge is 0.462 e. The lowest BCUT2D eigenvalue weighted by Crippen LogP contribution is -2.21. The first kappa shape index (κ1) is 13.7. The molecule has 4 heteroatoms. The van der Waals surface area contributed by atoms with Gasteiger partial charge in [0, 0.05) is 13.6 Å². The molecule has 2 atom stereocenters. The molecule has 1 saturated carbocycles. The molecule has 0 amide bonds. The van der Waals surface area contributed by atoms with Gasteiger partial charge in [0.25, 0.3) is 0 Å². The zero-order valence-electron chi connectivity index (χ0n) is 11.8. The average molecular weight is 262 g/mol. The van der Waals surface area contributed by atoms with E-state index in [1.54, 1.807) is 19.1 Å². The van der Waals surface area contributed by atoms with Gasteiger partial charge in [-0.1, -0.05) is 6.92 Å². The van der Waals surface area contributed by atoms with E-state index in [2.05, 4.69) is 11.8 Å². The van der Waals surface area contributed by atoms with Crippen LogP contribution in [-0.4, -0.2) is 26.2 Å². The van der Waals surface area contributed by atoms with Crippen LogP contribution < -0.4 is 10.6 Å². The summed E-state index contributed by atoms with van der Waals surface area (Å²) in [5, 5.41) is 0. The summed E-state index contributed by atoms with van der Waals surface area (Å²) in [5.74, 6) is 1.27. The molecular weight excluding hydrogens is 240 g/mol. The number of carbonyl (C=O) groups is 1. The minimum Gasteiger partial charge on any atom is -0.462 e. The smallest absolute Gasteiger partial charge is 0.338 e. The number of benzene rings is 1. The Kier molecular flexibility index (Phi) is 3.98. The number of anilines is 2. The second-order valence-electron chi connectivity index (χ2n) is 5.35. The first-order chi connectivity index (χ1) is 9.02. The first-order valence-electron chi connectivity index (χ1n) is 6.80. The molecule has 2 rings (SSSR count). The van der Waals surface area contributed by atoms with Crippen LogP contribution in [0, 0.1) is 11.8 Å². The summed E-state index contributed by atoms with van der Waals surface area (Å²) in [5.41, 5.74) is 8.15. The number of nitrogen functional groups attached to an aromatic ring is 1. The summed E-state index contributed by atoms with van der Waals surface area (Å²) in [6.45, 7) is 5.45. The van der Waals surface area contributed by atoms with Crippen molar-refractivity contribution in [3.05, 3.63) is 23.8 Å². The lowest BCUT2D eigenvalue weighted by molar-refractivity contribution is 0.0526. The molecule has 4 nitrogen and oxygen atoms in total. The molecule has 1 aliphatic rings. The van der Waals surface area contributed by atoms with Crippen molar-refractivity contribution < 1.29 is 9.53 Å². The van der Waals surface area contributed by atoms with Crippen LogP contribution in [-0.2, 0) is 4.74 Å². The molecule has 19 heavy (non-hydrogen) atoms. The highest BCUT2D eigenvalue weighted by atomic mass is 16.5. The van der Waals surface area contributed by atoms with Gasteiger partial charge in [0.15, 0.2) is 0 Å². The molecular formula is C15H22N2O2. The van der Waals surface area contributed by atoms with Gasteiger partial charge >= 0.3 is 5.97 Å². The van der Waals surface area contributed by atoms with Gasteiger partial charge in [-0.25, -0.2) is 4.79 Å². The molecule has 1 aromatic carbocycles. The van der Waals surface area contributed by atoms with Gasteiger partial charge in [-0.05, 0) is 43.4 Å². The second kappa shape index (κ2) is 5.51. The van der Waals surface area contributed by atoms with E-state index in [1.165, 1.54) is 6.42 Å². The van der Waals surface area contributed by atoms with Crippen LogP contribution in [0.1, 0.15) is 30.6 Å². The Hall–Kier alpha value is -1.71. The van der Waals surface area contributed by atoms with Crippen LogP contribution in [0.3, 0.4) is 0 Å². The number of hydrogen-bond acceptors (Lipinski definition) is 4. The number of nitrogens with two attached hydrogens (primary N) is 1. The molecule has 2 unspecified atom stereocenters. The van der Waals surface area contributed by atoms with Crippen molar-refractivity contribution >= 4 is 17.3 Å². The van der Waals surface area contributed by atoms with Crippen LogP contribution in [0.2, 0.25) is 0 Å². The van der Waals surface area contributed by atoms with Crippen LogP contribution in [0.15, 0.2) is 18.2 Å². The fraction of sp³-hybridized carbons (Fsp3) is 0.533. The summed E-state index contributed by atoms with van der Waals surface area (Å²) in [6.07, 6.45) is 1.30. The van der Waals surface area contributed by atoms with Crippen molar-refractivity contribution in [3.8, 4) is 0 Å². The summed E-state index contributed by atoms with van der Waals surface area (Å²) in [7, 11) is 2.04. The fourth-order valence-corrected chi connectivity index (χ4v) is 2.35. The maximum Gasteiger partial charge on any atom is 0.338 e. The molecule has 0 aromatic heterocycles. The predicted molar refractivity (Wildman–Crippen MR) is 77.4 cm³/mol. The Bertz CT molecular complexity index is 473. The third-order valence-corrected chi connectivity index (χ3v) is 3.73. The Morgan fingerprint density at radius 3 is 2.74 bits per heavy atom. The van der Waals surface area contributed by atoms with Gasteiger partial charge in [0.05, 0.1) is 23.5 Å². The third-order valence-electron chi connectivity index (χ3n) is 3.73. The molecule has 1 aromatic rings. The lowest BCUT2D eigenvalue weighted by atomic mass is 10.1. The Labute approximate surface area is 114 Å². The zero-order valence-corrected chi connectivity index (χ0v) is 11.8. The van der Waals surface area contributed by atoms with Crippen LogP contribution in [0.25, 0.3) is 0 Å². The minimum absolute atomic E-state index is 0.320. The molecule has 104 valence electrons. The molecule has 1 fully saturated rings. The second-order valence-corrected chi connectivity index (χ2v) is 5.35. The SMILES string of the molecule is CCOC(=O)c1ccc(N(C)CC2CC2C)c(N)c1. The molecule has 0 heterocycles. The van der Waals surface area contributed by atoms with Gasteiger partial charge < -0.3 is 15.4 Å². The quantitative estimate of drug-likeness (QED) is 0.654. The van der Waals surface area contributed by atoms with Crippen molar-refractivity contribution in [2.24, 2.45) is 11.8 Å². The van der Waals surface area contributed by atoms with E-state index in [0.29, 0.717) is 17.9 Å². The van der Waals surface area contributed by atoms with Gasteiger partial charge in [-0.2, -0.15) is 0 Å². The molecule has 0 spiro atoms. The molecule has 0 saturated heterocycles. The number of carbonyl (C=O) groups excluding carboxylic acids is 1. The lowest BCUT2D eigenvalue weighted by Gasteiger charge is -2.21. The van der Waals surface area contributed by atoms with Crippen molar-refractivity contribution in [1.82, 2.24) is 0 Å². The molecule has 0 aliphatic heterocycles. The average Bonchev–Trinajstić information content (AvgIpc) is 3.04. The molecule has 0 radical (unpaired) electrons. The Morgan fingerprint density at radius 2 is 2.21 bits per heavy atom. The van der Waals surface area contributed by atoms with E-state index in [0.717, 1.165) is 24.1 Å². The van der Waals surface area contributed by atoms with E-state index < -0.39 is 0 Å². The number of hydrogen-bond donors (Lipinski definition) is 1. The topological polar surface area (TPSA) is 55.6 Å². The normalized spacial score (nSPS) is 21.0. The number of nitrogens with zero attached hydrogens (tertiary/aromatic N) is 1. The van der Waals surface area contributed by atoms with E-state index in [4.69, 9.17) is 10.5 Å². The Morgan fingerprint density at radius 1 is 1.53 bits per heavy atom.